The Morgan fingerprint density at radius 3 is 1.07 bits per heavy atom. The first-order valence-corrected chi connectivity index (χ1v) is 13.8. The smallest absolute Gasteiger partial charge is 0.00313 e. The van der Waals surface area contributed by atoms with Crippen molar-refractivity contribution in [3.05, 3.63) is 0 Å². The number of hydrogen-bond acceptors (Lipinski definition) is 0. The van der Waals surface area contributed by atoms with Crippen LogP contribution in [0.5, 0.6) is 0 Å². The van der Waals surface area contributed by atoms with Crippen molar-refractivity contribution in [3.8, 4) is 0 Å². The van der Waals surface area contributed by atoms with Gasteiger partial charge in [0.15, 0.2) is 0 Å². The highest BCUT2D eigenvalue weighted by molar-refractivity contribution is 9.09. The van der Waals surface area contributed by atoms with Gasteiger partial charge in [0.1, 0.15) is 0 Å². The Kier molecular flexibility index (Phi) is 21.6. The molecule has 0 saturated heterocycles. The van der Waals surface area contributed by atoms with Crippen molar-refractivity contribution in [3.63, 3.8) is 0 Å². The van der Waals surface area contributed by atoms with Crippen LogP contribution in [0.2, 0.25) is 0 Å². The molecule has 0 spiro atoms. The minimum Gasteiger partial charge on any atom is -0.0928 e. The normalized spacial score (nSPS) is 12.0. The summed E-state index contributed by atoms with van der Waals surface area (Å²) in [4.78, 5) is 0. The highest BCUT2D eigenvalue weighted by Gasteiger charge is 2.16. The zero-order chi connectivity index (χ0) is 20.1. The number of alkyl halides is 1. The second-order valence-electron chi connectivity index (χ2n) is 9.72. The molecule has 0 aromatic rings. The Bertz CT molecular complexity index is 245. The molecule has 164 valence electrons. The average Bonchev–Trinajstić information content (AvgIpc) is 2.64. The van der Waals surface area contributed by atoms with Crippen LogP contribution < -0.4 is 0 Å². The summed E-state index contributed by atoms with van der Waals surface area (Å²) in [6, 6.07) is 0. The molecule has 0 N–H and O–H groups in total. The lowest BCUT2D eigenvalue weighted by Gasteiger charge is -2.24. The molecule has 0 aromatic carbocycles. The van der Waals surface area contributed by atoms with Crippen LogP contribution in [0.3, 0.4) is 0 Å². The molecule has 0 rings (SSSR count). The van der Waals surface area contributed by atoms with Gasteiger partial charge in [-0.05, 0) is 24.7 Å². The lowest BCUT2D eigenvalue weighted by molar-refractivity contribution is 0.282. The van der Waals surface area contributed by atoms with Crippen LogP contribution in [-0.2, 0) is 0 Å². The molecule has 0 bridgehead atoms. The second kappa shape index (κ2) is 21.2. The fraction of sp³-hybridized carbons (Fsp3) is 1.00. The molecule has 0 radical (unpaired) electrons. The number of halogens is 1. The molecular formula is C26H53Br. The van der Waals surface area contributed by atoms with Crippen LogP contribution >= 0.6 is 15.9 Å². The Hall–Kier alpha value is 0.480. The first kappa shape index (κ1) is 27.5. The highest BCUT2D eigenvalue weighted by atomic mass is 79.9. The van der Waals surface area contributed by atoms with Crippen LogP contribution in [0.1, 0.15) is 156 Å². The SMILES string of the molecule is CCCCCCCCCCCCC(C)(C)CCCCCCCCCCCBr. The maximum atomic E-state index is 3.52. The van der Waals surface area contributed by atoms with Gasteiger partial charge >= 0.3 is 0 Å². The van der Waals surface area contributed by atoms with E-state index in [4.69, 9.17) is 0 Å². The number of hydrogen-bond donors (Lipinski definition) is 0. The molecule has 0 amide bonds. The van der Waals surface area contributed by atoms with Gasteiger partial charge in [-0.25, -0.2) is 0 Å². The molecule has 0 saturated carbocycles. The van der Waals surface area contributed by atoms with Crippen molar-refractivity contribution in [1.29, 1.82) is 0 Å². The van der Waals surface area contributed by atoms with Gasteiger partial charge in [0.25, 0.3) is 0 Å². The predicted octanol–water partition coefficient (Wildman–Crippen LogP) is 10.6. The summed E-state index contributed by atoms with van der Waals surface area (Å²) in [7, 11) is 0. The third kappa shape index (κ3) is 22.6. The maximum absolute atomic E-state index is 3.52. The van der Waals surface area contributed by atoms with Crippen molar-refractivity contribution < 1.29 is 0 Å². The van der Waals surface area contributed by atoms with E-state index in [9.17, 15) is 0 Å². The monoisotopic (exact) mass is 444 g/mol. The van der Waals surface area contributed by atoms with Gasteiger partial charge in [-0.3, -0.25) is 0 Å². The van der Waals surface area contributed by atoms with Crippen molar-refractivity contribution in [2.45, 2.75) is 156 Å². The fourth-order valence-corrected chi connectivity index (χ4v) is 4.55. The maximum Gasteiger partial charge on any atom is 0.00313 e. The van der Waals surface area contributed by atoms with Gasteiger partial charge in [0.2, 0.25) is 0 Å². The van der Waals surface area contributed by atoms with Crippen LogP contribution in [0.25, 0.3) is 0 Å². The summed E-state index contributed by atoms with van der Waals surface area (Å²) < 4.78 is 0. The van der Waals surface area contributed by atoms with Gasteiger partial charge in [-0.15, -0.1) is 0 Å². The lowest BCUT2D eigenvalue weighted by Crippen LogP contribution is -2.11. The standard InChI is InChI=1S/C26H53Br/c1-4-5-6-7-8-9-11-14-17-20-23-26(2,3)24-21-18-15-12-10-13-16-19-22-25-27/h4-25H2,1-3H3. The molecular weight excluding hydrogens is 392 g/mol. The van der Waals surface area contributed by atoms with Gasteiger partial charge in [-0.1, -0.05) is 152 Å². The molecule has 1 heteroatoms. The summed E-state index contributed by atoms with van der Waals surface area (Å²) in [6.07, 6.45) is 30.4. The van der Waals surface area contributed by atoms with E-state index in [0.29, 0.717) is 5.41 Å². The van der Waals surface area contributed by atoms with Crippen molar-refractivity contribution in [1.82, 2.24) is 0 Å². The number of rotatable bonds is 22. The molecule has 0 atom stereocenters. The lowest BCUT2D eigenvalue weighted by atomic mass is 9.82. The third-order valence-electron chi connectivity index (χ3n) is 6.19. The van der Waals surface area contributed by atoms with Gasteiger partial charge in [0.05, 0.1) is 0 Å². The molecule has 0 aromatic heterocycles. The summed E-state index contributed by atoms with van der Waals surface area (Å²) in [5, 5.41) is 1.18. The van der Waals surface area contributed by atoms with Crippen LogP contribution in [0.4, 0.5) is 0 Å². The van der Waals surface area contributed by atoms with E-state index in [1.165, 1.54) is 140 Å². The Labute approximate surface area is 182 Å². The summed E-state index contributed by atoms with van der Waals surface area (Å²) in [5.74, 6) is 0. The fourth-order valence-electron chi connectivity index (χ4n) is 4.15. The summed E-state index contributed by atoms with van der Waals surface area (Å²) in [5.41, 5.74) is 0.579. The molecule has 0 nitrogen and oxygen atoms in total. The zero-order valence-corrected chi connectivity index (χ0v) is 21.0. The first-order valence-electron chi connectivity index (χ1n) is 12.7. The topological polar surface area (TPSA) is 0 Å². The molecule has 0 heterocycles. The molecule has 0 fully saturated rings. The molecule has 0 aliphatic heterocycles. The van der Waals surface area contributed by atoms with Crippen molar-refractivity contribution >= 4 is 15.9 Å². The molecule has 27 heavy (non-hydrogen) atoms. The van der Waals surface area contributed by atoms with E-state index < -0.39 is 0 Å². The Balaban J connectivity index is 3.31. The van der Waals surface area contributed by atoms with Crippen molar-refractivity contribution in [2.75, 3.05) is 5.33 Å². The van der Waals surface area contributed by atoms with E-state index in [1.54, 1.807) is 0 Å². The van der Waals surface area contributed by atoms with Gasteiger partial charge in [0, 0.05) is 5.33 Å². The first-order chi connectivity index (χ1) is 13.1. The minimum absolute atomic E-state index is 0.579. The quantitative estimate of drug-likeness (QED) is 0.115. The third-order valence-corrected chi connectivity index (χ3v) is 6.76. The van der Waals surface area contributed by atoms with Gasteiger partial charge < -0.3 is 0 Å². The molecule has 0 aliphatic rings. The Morgan fingerprint density at radius 1 is 0.444 bits per heavy atom. The number of unbranched alkanes of at least 4 members (excludes halogenated alkanes) is 17. The highest BCUT2D eigenvalue weighted by Crippen LogP contribution is 2.30. The Morgan fingerprint density at radius 2 is 0.741 bits per heavy atom. The van der Waals surface area contributed by atoms with Crippen LogP contribution in [-0.4, -0.2) is 5.33 Å². The summed E-state index contributed by atoms with van der Waals surface area (Å²) in [6.45, 7) is 7.31. The van der Waals surface area contributed by atoms with E-state index in [-0.39, 0.29) is 0 Å². The largest absolute Gasteiger partial charge is 0.0928 e. The van der Waals surface area contributed by atoms with E-state index in [1.807, 2.05) is 0 Å². The van der Waals surface area contributed by atoms with Gasteiger partial charge in [-0.2, -0.15) is 0 Å². The average molecular weight is 446 g/mol. The minimum atomic E-state index is 0.579. The van der Waals surface area contributed by atoms with Crippen molar-refractivity contribution in [2.24, 2.45) is 5.41 Å². The predicted molar refractivity (Wildman–Crippen MR) is 130 cm³/mol. The van der Waals surface area contributed by atoms with E-state index >= 15 is 0 Å². The summed E-state index contributed by atoms with van der Waals surface area (Å²) >= 11 is 3.52. The van der Waals surface area contributed by atoms with Crippen LogP contribution in [0.15, 0.2) is 0 Å². The molecule has 0 unspecified atom stereocenters. The van der Waals surface area contributed by atoms with E-state index in [2.05, 4.69) is 36.7 Å². The zero-order valence-electron chi connectivity index (χ0n) is 19.4. The van der Waals surface area contributed by atoms with Crippen LogP contribution in [0, 0.1) is 5.41 Å². The second-order valence-corrected chi connectivity index (χ2v) is 10.5. The van der Waals surface area contributed by atoms with E-state index in [0.717, 1.165) is 0 Å². The molecule has 0 aliphatic carbocycles.